The van der Waals surface area contributed by atoms with Gasteiger partial charge in [-0.05, 0) is 64.8 Å². The van der Waals surface area contributed by atoms with Crippen LogP contribution in [0.25, 0.3) is 16.7 Å². The minimum atomic E-state index is -0.0683. The number of carbonyl (C=O) groups excluding carboxylic acids is 1. The zero-order valence-electron chi connectivity index (χ0n) is 15.2. The zero-order chi connectivity index (χ0) is 19.5. The van der Waals surface area contributed by atoms with Gasteiger partial charge >= 0.3 is 0 Å². The average Bonchev–Trinajstić information content (AvgIpc) is 3.07. The van der Waals surface area contributed by atoms with E-state index in [1.54, 1.807) is 0 Å². The van der Waals surface area contributed by atoms with Crippen LogP contribution in [0.3, 0.4) is 0 Å². The highest BCUT2D eigenvalue weighted by Crippen LogP contribution is 2.28. The topological polar surface area (TPSA) is 46.9 Å². The number of aryl methyl sites for hydroxylation is 1. The number of rotatable bonds is 5. The standard InChI is InChI=1S/C22H18BrN3OS/c1-15-11-12-18(17(23)13-15)24-21(27)14-28-22-25-19-9-5-6-10-20(19)26(22)16-7-3-2-4-8-16/h2-13H,14H2,1H3,(H,24,27). The molecule has 0 bridgehead atoms. The fourth-order valence-corrected chi connectivity index (χ4v) is 4.39. The molecule has 4 nitrogen and oxygen atoms in total. The summed E-state index contributed by atoms with van der Waals surface area (Å²) >= 11 is 4.93. The molecule has 0 radical (unpaired) electrons. The van der Waals surface area contributed by atoms with Crippen LogP contribution in [0.4, 0.5) is 5.69 Å². The third-order valence-electron chi connectivity index (χ3n) is 4.28. The minimum Gasteiger partial charge on any atom is -0.324 e. The summed E-state index contributed by atoms with van der Waals surface area (Å²) in [7, 11) is 0. The number of fused-ring (bicyclic) bond motifs is 1. The summed E-state index contributed by atoms with van der Waals surface area (Å²) < 4.78 is 2.97. The molecule has 4 aromatic rings. The number of hydrogen-bond acceptors (Lipinski definition) is 3. The first-order chi connectivity index (χ1) is 13.6. The van der Waals surface area contributed by atoms with Gasteiger partial charge in [-0.1, -0.05) is 48.2 Å². The van der Waals surface area contributed by atoms with Gasteiger partial charge in [-0.2, -0.15) is 0 Å². The Morgan fingerprint density at radius 1 is 1.07 bits per heavy atom. The molecule has 3 aromatic carbocycles. The molecule has 140 valence electrons. The van der Waals surface area contributed by atoms with Crippen LogP contribution in [0.2, 0.25) is 0 Å². The van der Waals surface area contributed by atoms with Gasteiger partial charge in [0.05, 0.1) is 22.5 Å². The molecule has 28 heavy (non-hydrogen) atoms. The van der Waals surface area contributed by atoms with Crippen LogP contribution in [0.15, 0.2) is 82.4 Å². The molecule has 0 aliphatic heterocycles. The summed E-state index contributed by atoms with van der Waals surface area (Å²) in [6.45, 7) is 2.01. The fraction of sp³-hybridized carbons (Fsp3) is 0.0909. The number of amides is 1. The van der Waals surface area contributed by atoms with Crippen molar-refractivity contribution in [1.29, 1.82) is 0 Å². The zero-order valence-corrected chi connectivity index (χ0v) is 17.6. The summed E-state index contributed by atoms with van der Waals surface area (Å²) in [6.07, 6.45) is 0. The van der Waals surface area contributed by atoms with E-state index in [9.17, 15) is 4.79 Å². The number of halogens is 1. The molecule has 1 heterocycles. The predicted molar refractivity (Wildman–Crippen MR) is 119 cm³/mol. The van der Waals surface area contributed by atoms with Crippen LogP contribution in [0, 0.1) is 6.92 Å². The van der Waals surface area contributed by atoms with E-state index in [1.165, 1.54) is 11.8 Å². The summed E-state index contributed by atoms with van der Waals surface area (Å²) in [5, 5.41) is 3.75. The van der Waals surface area contributed by atoms with Crippen LogP contribution in [-0.4, -0.2) is 21.2 Å². The first kappa shape index (κ1) is 18.8. The van der Waals surface area contributed by atoms with E-state index in [-0.39, 0.29) is 11.7 Å². The molecule has 1 aromatic heterocycles. The van der Waals surface area contributed by atoms with Crippen LogP contribution >= 0.6 is 27.7 Å². The Labute approximate surface area is 176 Å². The first-order valence-electron chi connectivity index (χ1n) is 8.83. The molecule has 0 fully saturated rings. The summed E-state index contributed by atoms with van der Waals surface area (Å²) in [5.41, 5.74) is 4.87. The lowest BCUT2D eigenvalue weighted by Crippen LogP contribution is -2.15. The number of nitrogens with one attached hydrogen (secondary N) is 1. The lowest BCUT2D eigenvalue weighted by molar-refractivity contribution is -0.113. The molecule has 0 aliphatic carbocycles. The third kappa shape index (κ3) is 3.98. The minimum absolute atomic E-state index is 0.0683. The van der Waals surface area contributed by atoms with Gasteiger partial charge in [0.25, 0.3) is 0 Å². The maximum atomic E-state index is 12.5. The molecule has 0 atom stereocenters. The third-order valence-corrected chi connectivity index (χ3v) is 5.87. The second kappa shape index (κ2) is 8.20. The Kier molecular flexibility index (Phi) is 5.50. The van der Waals surface area contributed by atoms with E-state index in [0.29, 0.717) is 0 Å². The maximum absolute atomic E-state index is 12.5. The van der Waals surface area contributed by atoms with Gasteiger partial charge < -0.3 is 5.32 Å². The molecule has 6 heteroatoms. The van der Waals surface area contributed by atoms with Crippen molar-refractivity contribution in [3.63, 3.8) is 0 Å². The van der Waals surface area contributed by atoms with E-state index in [2.05, 4.69) is 25.8 Å². The maximum Gasteiger partial charge on any atom is 0.234 e. The molecular formula is C22H18BrN3OS. The van der Waals surface area contributed by atoms with Crippen molar-refractivity contribution in [2.24, 2.45) is 0 Å². The number of aromatic nitrogens is 2. The van der Waals surface area contributed by atoms with Gasteiger partial charge in [0.15, 0.2) is 5.16 Å². The fourth-order valence-electron chi connectivity index (χ4n) is 2.97. The van der Waals surface area contributed by atoms with Crippen molar-refractivity contribution in [1.82, 2.24) is 9.55 Å². The van der Waals surface area contributed by atoms with Gasteiger partial charge in [0.2, 0.25) is 5.91 Å². The van der Waals surface area contributed by atoms with E-state index >= 15 is 0 Å². The molecule has 0 saturated carbocycles. The number of para-hydroxylation sites is 3. The molecule has 4 rings (SSSR count). The number of anilines is 1. The highest BCUT2D eigenvalue weighted by atomic mass is 79.9. The quantitative estimate of drug-likeness (QED) is 0.388. The summed E-state index contributed by atoms with van der Waals surface area (Å²) in [6, 6.07) is 23.9. The second-order valence-electron chi connectivity index (χ2n) is 6.37. The Morgan fingerprint density at radius 2 is 1.82 bits per heavy atom. The van der Waals surface area contributed by atoms with Crippen LogP contribution in [0.5, 0.6) is 0 Å². The van der Waals surface area contributed by atoms with E-state index < -0.39 is 0 Å². The van der Waals surface area contributed by atoms with E-state index in [1.807, 2.05) is 79.7 Å². The number of imidazole rings is 1. The normalized spacial score (nSPS) is 10.9. The predicted octanol–water partition coefficient (Wildman–Crippen LogP) is 5.83. The highest BCUT2D eigenvalue weighted by Gasteiger charge is 2.14. The molecule has 1 N–H and O–H groups in total. The van der Waals surface area contributed by atoms with Crippen LogP contribution in [0.1, 0.15) is 5.56 Å². The van der Waals surface area contributed by atoms with E-state index in [0.717, 1.165) is 37.6 Å². The van der Waals surface area contributed by atoms with Gasteiger partial charge in [0, 0.05) is 10.2 Å². The number of hydrogen-bond donors (Lipinski definition) is 1. The lowest BCUT2D eigenvalue weighted by Gasteiger charge is -2.10. The lowest BCUT2D eigenvalue weighted by atomic mass is 10.2. The average molecular weight is 452 g/mol. The van der Waals surface area contributed by atoms with Crippen molar-refractivity contribution < 1.29 is 4.79 Å². The summed E-state index contributed by atoms with van der Waals surface area (Å²) in [5.74, 6) is 0.206. The monoisotopic (exact) mass is 451 g/mol. The van der Waals surface area contributed by atoms with Crippen molar-refractivity contribution in [2.45, 2.75) is 12.1 Å². The second-order valence-corrected chi connectivity index (χ2v) is 8.17. The molecule has 0 spiro atoms. The van der Waals surface area contributed by atoms with Crippen LogP contribution < -0.4 is 5.32 Å². The summed E-state index contributed by atoms with van der Waals surface area (Å²) in [4.78, 5) is 17.2. The first-order valence-corrected chi connectivity index (χ1v) is 10.6. The molecule has 0 aliphatic rings. The van der Waals surface area contributed by atoms with Gasteiger partial charge in [-0.3, -0.25) is 9.36 Å². The van der Waals surface area contributed by atoms with Crippen molar-refractivity contribution in [3.8, 4) is 5.69 Å². The van der Waals surface area contributed by atoms with Crippen molar-refractivity contribution >= 4 is 50.3 Å². The SMILES string of the molecule is Cc1ccc(NC(=O)CSc2nc3ccccc3n2-c2ccccc2)c(Br)c1. The van der Waals surface area contributed by atoms with Gasteiger partial charge in [0.1, 0.15) is 0 Å². The number of carbonyl (C=O) groups is 1. The molecule has 0 unspecified atom stereocenters. The van der Waals surface area contributed by atoms with Gasteiger partial charge in [-0.25, -0.2) is 4.98 Å². The Morgan fingerprint density at radius 3 is 2.61 bits per heavy atom. The van der Waals surface area contributed by atoms with Crippen molar-refractivity contribution in [3.05, 3.63) is 82.8 Å². The molecule has 1 amide bonds. The Bertz CT molecular complexity index is 1140. The number of nitrogens with zero attached hydrogens (tertiary/aromatic N) is 2. The number of benzene rings is 3. The molecule has 0 saturated heterocycles. The number of thioether (sulfide) groups is 1. The Hall–Kier alpha value is -2.57. The largest absolute Gasteiger partial charge is 0.324 e. The van der Waals surface area contributed by atoms with Gasteiger partial charge in [-0.15, -0.1) is 0 Å². The van der Waals surface area contributed by atoms with Crippen LogP contribution in [-0.2, 0) is 4.79 Å². The highest BCUT2D eigenvalue weighted by molar-refractivity contribution is 9.10. The Balaban J connectivity index is 1.57. The van der Waals surface area contributed by atoms with Crippen molar-refractivity contribution in [2.75, 3.05) is 11.1 Å². The van der Waals surface area contributed by atoms with E-state index in [4.69, 9.17) is 4.98 Å². The smallest absolute Gasteiger partial charge is 0.234 e. The molecular weight excluding hydrogens is 434 g/mol.